The van der Waals surface area contributed by atoms with Gasteiger partial charge in [-0.1, -0.05) is 30.3 Å². The highest BCUT2D eigenvalue weighted by molar-refractivity contribution is 5.85. The summed E-state index contributed by atoms with van der Waals surface area (Å²) in [5.41, 5.74) is 1.09. The summed E-state index contributed by atoms with van der Waals surface area (Å²) < 4.78 is 0. The van der Waals surface area contributed by atoms with Crippen LogP contribution in [0.5, 0.6) is 0 Å². The number of nitrogens with one attached hydrogen (secondary N) is 1. The van der Waals surface area contributed by atoms with E-state index in [4.69, 9.17) is 0 Å². The monoisotopic (exact) mass is 359 g/mol. The maximum atomic E-state index is 13.2. The first kappa shape index (κ1) is 20.2. The van der Waals surface area contributed by atoms with Crippen LogP contribution >= 0.6 is 24.8 Å². The third kappa shape index (κ3) is 4.18. The molecule has 0 radical (unpaired) electrons. The number of carbonyl (C=O) groups excluding carboxylic acids is 1. The number of fused-ring (bicyclic) bond motifs is 2. The number of halogens is 2. The summed E-state index contributed by atoms with van der Waals surface area (Å²) in [4.78, 5) is 17.4. The zero-order valence-electron chi connectivity index (χ0n) is 13.8. The van der Waals surface area contributed by atoms with Gasteiger partial charge in [0.1, 0.15) is 6.04 Å². The van der Waals surface area contributed by atoms with E-state index in [9.17, 15) is 4.79 Å². The van der Waals surface area contributed by atoms with Crippen LogP contribution in [0.15, 0.2) is 30.3 Å². The largest absolute Gasteiger partial charge is 0.334 e. The molecule has 2 heterocycles. The Morgan fingerprint density at radius 2 is 1.78 bits per heavy atom. The first-order chi connectivity index (χ1) is 10.2. The van der Waals surface area contributed by atoms with Crippen molar-refractivity contribution in [3.63, 3.8) is 0 Å². The lowest BCUT2D eigenvalue weighted by molar-refractivity contribution is -0.139. The minimum absolute atomic E-state index is 0. The average Bonchev–Trinajstić information content (AvgIpc) is 2.73. The molecule has 0 saturated carbocycles. The summed E-state index contributed by atoms with van der Waals surface area (Å²) in [6, 6.07) is 10.8. The van der Waals surface area contributed by atoms with Gasteiger partial charge in [0.25, 0.3) is 0 Å². The second kappa shape index (κ2) is 8.88. The Kier molecular flexibility index (Phi) is 7.81. The van der Waals surface area contributed by atoms with Crippen molar-refractivity contribution in [2.75, 3.05) is 27.2 Å². The molecule has 4 nitrogen and oxygen atoms in total. The SMILES string of the molecule is CN(C)C(C(=O)N1C2CCNCC1CC2)c1ccccc1.Cl.Cl. The van der Waals surface area contributed by atoms with Crippen LogP contribution in [0.2, 0.25) is 0 Å². The molecule has 2 aliphatic rings. The fourth-order valence-electron chi connectivity index (χ4n) is 3.78. The lowest BCUT2D eigenvalue weighted by Gasteiger charge is -2.34. The fourth-order valence-corrected chi connectivity index (χ4v) is 3.78. The van der Waals surface area contributed by atoms with Crippen molar-refractivity contribution in [1.29, 1.82) is 0 Å². The van der Waals surface area contributed by atoms with E-state index in [0.29, 0.717) is 12.1 Å². The van der Waals surface area contributed by atoms with Crippen molar-refractivity contribution in [3.8, 4) is 0 Å². The Labute approximate surface area is 151 Å². The summed E-state index contributed by atoms with van der Waals surface area (Å²) in [6.45, 7) is 1.97. The number of hydrogen-bond acceptors (Lipinski definition) is 3. The van der Waals surface area contributed by atoms with Crippen molar-refractivity contribution in [2.45, 2.75) is 37.4 Å². The summed E-state index contributed by atoms with van der Waals surface area (Å²) in [7, 11) is 3.99. The summed E-state index contributed by atoms with van der Waals surface area (Å²) >= 11 is 0. The van der Waals surface area contributed by atoms with Gasteiger partial charge in [-0.25, -0.2) is 0 Å². The van der Waals surface area contributed by atoms with E-state index >= 15 is 0 Å². The molecule has 3 atom stereocenters. The van der Waals surface area contributed by atoms with E-state index in [1.54, 1.807) is 0 Å². The van der Waals surface area contributed by atoms with Crippen LogP contribution in [0.4, 0.5) is 0 Å². The van der Waals surface area contributed by atoms with Crippen molar-refractivity contribution in [1.82, 2.24) is 15.1 Å². The molecule has 130 valence electrons. The molecule has 6 heteroatoms. The highest BCUT2D eigenvalue weighted by Gasteiger charge is 2.41. The van der Waals surface area contributed by atoms with E-state index in [1.807, 2.05) is 37.2 Å². The Morgan fingerprint density at radius 3 is 2.43 bits per heavy atom. The molecule has 1 amide bonds. The molecule has 1 aromatic rings. The van der Waals surface area contributed by atoms with Gasteiger partial charge in [0.15, 0.2) is 0 Å². The average molecular weight is 360 g/mol. The lowest BCUT2D eigenvalue weighted by Crippen LogP contribution is -2.47. The highest BCUT2D eigenvalue weighted by atomic mass is 35.5. The van der Waals surface area contributed by atoms with Gasteiger partial charge in [0.05, 0.1) is 0 Å². The van der Waals surface area contributed by atoms with Crippen LogP contribution in [0.1, 0.15) is 30.9 Å². The maximum Gasteiger partial charge on any atom is 0.245 e. The molecule has 2 saturated heterocycles. The van der Waals surface area contributed by atoms with Gasteiger partial charge >= 0.3 is 0 Å². The van der Waals surface area contributed by atoms with Gasteiger partial charge in [0, 0.05) is 18.6 Å². The van der Waals surface area contributed by atoms with E-state index in [2.05, 4.69) is 22.3 Å². The summed E-state index contributed by atoms with van der Waals surface area (Å²) in [6.07, 6.45) is 3.38. The lowest BCUT2D eigenvalue weighted by atomic mass is 10.0. The molecule has 0 aromatic heterocycles. The molecule has 0 aliphatic carbocycles. The second-order valence-electron chi connectivity index (χ2n) is 6.40. The quantitative estimate of drug-likeness (QED) is 0.900. The number of nitrogens with zero attached hydrogens (tertiary/aromatic N) is 2. The van der Waals surface area contributed by atoms with Crippen LogP contribution in [0.3, 0.4) is 0 Å². The molecule has 2 fully saturated rings. The van der Waals surface area contributed by atoms with Crippen LogP contribution in [-0.2, 0) is 4.79 Å². The topological polar surface area (TPSA) is 35.6 Å². The van der Waals surface area contributed by atoms with Gasteiger partial charge in [-0.15, -0.1) is 24.8 Å². The summed E-state index contributed by atoms with van der Waals surface area (Å²) in [5, 5.41) is 3.46. The number of benzene rings is 1. The minimum Gasteiger partial charge on any atom is -0.334 e. The van der Waals surface area contributed by atoms with Gasteiger partial charge < -0.3 is 10.2 Å². The van der Waals surface area contributed by atoms with Gasteiger partial charge in [0.2, 0.25) is 5.91 Å². The molecule has 1 aromatic carbocycles. The van der Waals surface area contributed by atoms with Crippen molar-refractivity contribution in [2.24, 2.45) is 0 Å². The number of carbonyl (C=O) groups is 1. The normalized spacial score (nSPS) is 24.4. The van der Waals surface area contributed by atoms with Gasteiger partial charge in [-0.3, -0.25) is 9.69 Å². The standard InChI is InChI=1S/C17H25N3O.2ClH/c1-19(2)16(13-6-4-3-5-7-13)17(21)20-14-8-9-15(20)12-18-11-10-14;;/h3-7,14-16,18H,8-12H2,1-2H3;2*1H. The van der Waals surface area contributed by atoms with E-state index in [-0.39, 0.29) is 36.8 Å². The Hall–Kier alpha value is -0.810. The smallest absolute Gasteiger partial charge is 0.245 e. The molecular weight excluding hydrogens is 333 g/mol. The molecule has 3 rings (SSSR count). The van der Waals surface area contributed by atoms with E-state index < -0.39 is 0 Å². The number of hydrogen-bond donors (Lipinski definition) is 1. The highest BCUT2D eigenvalue weighted by Crippen LogP contribution is 2.32. The molecule has 0 spiro atoms. The third-order valence-electron chi connectivity index (χ3n) is 4.77. The van der Waals surface area contributed by atoms with E-state index in [1.165, 1.54) is 0 Å². The van der Waals surface area contributed by atoms with Crippen molar-refractivity contribution >= 4 is 30.7 Å². The first-order valence-corrected chi connectivity index (χ1v) is 7.92. The zero-order valence-corrected chi connectivity index (χ0v) is 15.4. The predicted molar refractivity (Wildman–Crippen MR) is 98.5 cm³/mol. The van der Waals surface area contributed by atoms with Crippen LogP contribution in [-0.4, -0.2) is 55.0 Å². The predicted octanol–water partition coefficient (Wildman–Crippen LogP) is 2.49. The first-order valence-electron chi connectivity index (χ1n) is 7.92. The van der Waals surface area contributed by atoms with Gasteiger partial charge in [-0.2, -0.15) is 0 Å². The second-order valence-corrected chi connectivity index (χ2v) is 6.40. The van der Waals surface area contributed by atoms with Crippen molar-refractivity contribution < 1.29 is 4.79 Å². The summed E-state index contributed by atoms with van der Waals surface area (Å²) in [5.74, 6) is 0.266. The molecule has 2 bridgehead atoms. The molecular formula is C17H27Cl2N3O. The van der Waals surface area contributed by atoms with Crippen LogP contribution in [0, 0.1) is 0 Å². The zero-order chi connectivity index (χ0) is 14.8. The molecule has 1 N–H and O–H groups in total. The molecule has 2 aliphatic heterocycles. The van der Waals surface area contributed by atoms with Crippen LogP contribution in [0.25, 0.3) is 0 Å². The Morgan fingerprint density at radius 1 is 1.13 bits per heavy atom. The minimum atomic E-state index is -0.174. The number of amides is 1. The number of rotatable bonds is 3. The van der Waals surface area contributed by atoms with Gasteiger partial charge in [-0.05, 0) is 45.5 Å². The fraction of sp³-hybridized carbons (Fsp3) is 0.588. The van der Waals surface area contributed by atoms with E-state index in [0.717, 1.165) is 37.9 Å². The van der Waals surface area contributed by atoms with Crippen molar-refractivity contribution in [3.05, 3.63) is 35.9 Å². The molecule has 3 unspecified atom stereocenters. The number of likely N-dealkylation sites (N-methyl/N-ethyl adjacent to an activating group) is 1. The Balaban J connectivity index is 0.00000132. The van der Waals surface area contributed by atoms with Crippen LogP contribution < -0.4 is 5.32 Å². The Bertz CT molecular complexity index is 484. The molecule has 23 heavy (non-hydrogen) atoms. The maximum absolute atomic E-state index is 13.2. The third-order valence-corrected chi connectivity index (χ3v) is 4.77.